The third-order valence-corrected chi connectivity index (χ3v) is 6.21. The van der Waals surface area contributed by atoms with Crippen LogP contribution in [0.3, 0.4) is 0 Å². The summed E-state index contributed by atoms with van der Waals surface area (Å²) in [6.45, 7) is 5.78. The maximum atomic E-state index is 11.5. The summed E-state index contributed by atoms with van der Waals surface area (Å²) in [7, 11) is 2.13. The number of likely N-dealkylation sites (N-methyl/N-ethyl adjacent to an activating group) is 1. The lowest BCUT2D eigenvalue weighted by molar-refractivity contribution is 0.101. The molecule has 1 saturated heterocycles. The summed E-state index contributed by atoms with van der Waals surface area (Å²) in [6, 6.07) is 17.6. The third kappa shape index (κ3) is 5.62. The molecule has 160 valence electrons. The number of aromatic nitrogens is 2. The smallest absolute Gasteiger partial charge is 0.232 e. The maximum absolute atomic E-state index is 11.5. The molecule has 0 saturated carbocycles. The van der Waals surface area contributed by atoms with Crippen LogP contribution in [0.1, 0.15) is 22.8 Å². The van der Waals surface area contributed by atoms with E-state index in [-0.39, 0.29) is 5.78 Å². The van der Waals surface area contributed by atoms with Crippen molar-refractivity contribution in [3.8, 4) is 5.88 Å². The fraction of sp³-hybridized carbons (Fsp3) is 0.292. The maximum Gasteiger partial charge on any atom is 0.232 e. The van der Waals surface area contributed by atoms with Crippen LogP contribution < -0.4 is 9.64 Å². The van der Waals surface area contributed by atoms with Crippen molar-refractivity contribution in [3.63, 3.8) is 0 Å². The van der Waals surface area contributed by atoms with Gasteiger partial charge >= 0.3 is 0 Å². The molecule has 0 bridgehead atoms. The number of anilines is 1. The van der Waals surface area contributed by atoms with Gasteiger partial charge in [0, 0.05) is 36.6 Å². The summed E-state index contributed by atoms with van der Waals surface area (Å²) in [5.41, 5.74) is 1.79. The van der Waals surface area contributed by atoms with Crippen LogP contribution in [0.25, 0.3) is 0 Å². The summed E-state index contributed by atoms with van der Waals surface area (Å²) in [5, 5.41) is 0. The van der Waals surface area contributed by atoms with Crippen molar-refractivity contribution >= 4 is 23.5 Å². The highest BCUT2D eigenvalue weighted by molar-refractivity contribution is 7.99. The first-order valence-corrected chi connectivity index (χ1v) is 11.2. The summed E-state index contributed by atoms with van der Waals surface area (Å²) in [4.78, 5) is 27.3. The molecule has 0 unspecified atom stereocenters. The van der Waals surface area contributed by atoms with Crippen LogP contribution in [0.5, 0.6) is 5.88 Å². The number of Topliss-reactive ketones (excluding diaryl/α,β-unsaturated/α-hetero) is 1. The molecule has 1 fully saturated rings. The average molecular weight is 435 g/mol. The van der Waals surface area contributed by atoms with Gasteiger partial charge < -0.3 is 14.5 Å². The molecule has 0 N–H and O–H groups in total. The van der Waals surface area contributed by atoms with Gasteiger partial charge in [-0.3, -0.25) is 4.79 Å². The molecule has 0 aliphatic carbocycles. The van der Waals surface area contributed by atoms with E-state index in [9.17, 15) is 4.79 Å². The lowest BCUT2D eigenvalue weighted by Crippen LogP contribution is -2.45. The number of carbonyl (C=O) groups excluding carboxylic acids is 1. The van der Waals surface area contributed by atoms with Crippen molar-refractivity contribution in [1.29, 1.82) is 0 Å². The number of nitrogens with zero attached hydrogens (tertiary/aromatic N) is 4. The van der Waals surface area contributed by atoms with E-state index in [0.717, 1.165) is 41.5 Å². The fourth-order valence-electron chi connectivity index (χ4n) is 3.29. The van der Waals surface area contributed by atoms with Crippen LogP contribution >= 0.6 is 11.8 Å². The van der Waals surface area contributed by atoms with Gasteiger partial charge in [-0.15, -0.1) is 0 Å². The number of benzene rings is 2. The van der Waals surface area contributed by atoms with Gasteiger partial charge in [-0.2, -0.15) is 4.98 Å². The zero-order chi connectivity index (χ0) is 21.6. The number of hydrogen-bond acceptors (Lipinski definition) is 7. The Morgan fingerprint density at radius 1 is 1.03 bits per heavy atom. The molecule has 0 amide bonds. The number of hydrogen-bond donors (Lipinski definition) is 0. The number of ether oxygens (including phenoxy) is 1. The molecule has 0 atom stereocenters. The highest BCUT2D eigenvalue weighted by Crippen LogP contribution is 2.35. The van der Waals surface area contributed by atoms with Crippen molar-refractivity contribution in [2.75, 3.05) is 38.1 Å². The molecule has 0 radical (unpaired) electrons. The van der Waals surface area contributed by atoms with E-state index in [1.54, 1.807) is 6.92 Å². The minimum absolute atomic E-state index is 0.0586. The Morgan fingerprint density at radius 3 is 2.42 bits per heavy atom. The van der Waals surface area contributed by atoms with Crippen molar-refractivity contribution in [2.24, 2.45) is 0 Å². The Balaban J connectivity index is 1.57. The monoisotopic (exact) mass is 434 g/mol. The van der Waals surface area contributed by atoms with Crippen LogP contribution in [0, 0.1) is 0 Å². The molecule has 4 rings (SSSR count). The highest BCUT2D eigenvalue weighted by atomic mass is 32.2. The highest BCUT2D eigenvalue weighted by Gasteiger charge is 2.19. The Bertz CT molecular complexity index is 1020. The first kappa shape index (κ1) is 21.3. The topological polar surface area (TPSA) is 58.6 Å². The van der Waals surface area contributed by atoms with E-state index in [4.69, 9.17) is 9.72 Å². The van der Waals surface area contributed by atoms with Gasteiger partial charge in [0.15, 0.2) is 5.78 Å². The third-order valence-electron chi connectivity index (χ3n) is 5.20. The number of rotatable bonds is 7. The molecule has 0 spiro atoms. The second kappa shape index (κ2) is 9.94. The summed E-state index contributed by atoms with van der Waals surface area (Å²) in [6.07, 6.45) is 1.84. The van der Waals surface area contributed by atoms with E-state index in [2.05, 4.69) is 21.8 Å². The van der Waals surface area contributed by atoms with E-state index in [1.807, 2.05) is 60.8 Å². The zero-order valence-corrected chi connectivity index (χ0v) is 18.6. The van der Waals surface area contributed by atoms with E-state index >= 15 is 0 Å². The van der Waals surface area contributed by atoms with Crippen molar-refractivity contribution in [2.45, 2.75) is 23.3 Å². The lowest BCUT2D eigenvalue weighted by atomic mass is 10.2. The zero-order valence-electron chi connectivity index (χ0n) is 17.8. The summed E-state index contributed by atoms with van der Waals surface area (Å²) in [5.74, 6) is 1.34. The van der Waals surface area contributed by atoms with Gasteiger partial charge in [-0.1, -0.05) is 54.2 Å². The Labute approximate surface area is 187 Å². The second-order valence-electron chi connectivity index (χ2n) is 7.59. The van der Waals surface area contributed by atoms with E-state index < -0.39 is 0 Å². The molecular formula is C24H26N4O2S. The van der Waals surface area contributed by atoms with Gasteiger partial charge in [0.1, 0.15) is 6.61 Å². The van der Waals surface area contributed by atoms with Crippen LogP contribution in [0.2, 0.25) is 0 Å². The summed E-state index contributed by atoms with van der Waals surface area (Å²) >= 11 is 1.54. The van der Waals surface area contributed by atoms with E-state index in [1.165, 1.54) is 11.8 Å². The van der Waals surface area contributed by atoms with Crippen LogP contribution in [0.15, 0.2) is 70.6 Å². The fourth-order valence-corrected chi connectivity index (χ4v) is 4.11. The number of ketones is 1. The average Bonchev–Trinajstić information content (AvgIpc) is 2.80. The van der Waals surface area contributed by atoms with Crippen molar-refractivity contribution < 1.29 is 9.53 Å². The minimum atomic E-state index is 0.0586. The van der Waals surface area contributed by atoms with Gasteiger partial charge in [0.05, 0.1) is 11.1 Å². The molecule has 1 aromatic heterocycles. The Hall–Kier alpha value is -2.90. The molecular weight excluding hydrogens is 408 g/mol. The van der Waals surface area contributed by atoms with Gasteiger partial charge in [-0.25, -0.2) is 4.98 Å². The molecule has 3 aromatic rings. The Morgan fingerprint density at radius 2 is 1.74 bits per heavy atom. The van der Waals surface area contributed by atoms with E-state index in [0.29, 0.717) is 24.0 Å². The predicted octanol–water partition coefficient (Wildman–Crippen LogP) is 4.16. The molecule has 31 heavy (non-hydrogen) atoms. The lowest BCUT2D eigenvalue weighted by Gasteiger charge is -2.32. The van der Waals surface area contributed by atoms with Gasteiger partial charge in [0.25, 0.3) is 0 Å². The molecule has 1 aliphatic heterocycles. The Kier molecular flexibility index (Phi) is 6.84. The number of piperazine rings is 1. The first-order chi connectivity index (χ1) is 15.1. The predicted molar refractivity (Wildman–Crippen MR) is 123 cm³/mol. The molecule has 6 nitrogen and oxygen atoms in total. The van der Waals surface area contributed by atoms with Gasteiger partial charge in [-0.05, 0) is 31.7 Å². The molecule has 2 heterocycles. The summed E-state index contributed by atoms with van der Waals surface area (Å²) < 4.78 is 6.15. The SMILES string of the molecule is CC(=O)c1ccc(Sc2cnc(N3CCN(C)CC3)nc2OCc2ccccc2)cc1. The van der Waals surface area contributed by atoms with Gasteiger partial charge in [0.2, 0.25) is 11.8 Å². The molecule has 7 heteroatoms. The standard InChI is InChI=1S/C24H26N4O2S/c1-18(29)20-8-10-21(11-9-20)31-22-16-25-24(28-14-12-27(2)13-15-28)26-23(22)30-17-19-6-4-3-5-7-19/h3-11,16H,12-15,17H2,1-2H3. The minimum Gasteiger partial charge on any atom is -0.472 e. The second-order valence-corrected chi connectivity index (χ2v) is 8.70. The van der Waals surface area contributed by atoms with Crippen LogP contribution in [-0.4, -0.2) is 53.9 Å². The quantitative estimate of drug-likeness (QED) is 0.518. The van der Waals surface area contributed by atoms with Crippen molar-refractivity contribution in [3.05, 3.63) is 71.9 Å². The van der Waals surface area contributed by atoms with Crippen LogP contribution in [-0.2, 0) is 6.61 Å². The largest absolute Gasteiger partial charge is 0.472 e. The number of carbonyl (C=O) groups is 1. The normalized spacial score (nSPS) is 14.5. The van der Waals surface area contributed by atoms with Crippen molar-refractivity contribution in [1.82, 2.24) is 14.9 Å². The molecule has 2 aromatic carbocycles. The molecule has 1 aliphatic rings. The first-order valence-electron chi connectivity index (χ1n) is 10.3. The van der Waals surface area contributed by atoms with Crippen LogP contribution in [0.4, 0.5) is 5.95 Å².